The van der Waals surface area contributed by atoms with E-state index in [1.165, 1.54) is 4.90 Å². The highest BCUT2D eigenvalue weighted by Crippen LogP contribution is 2.53. The highest BCUT2D eigenvalue weighted by Gasteiger charge is 2.72. The maximum atomic E-state index is 13.8. The Labute approximate surface area is 176 Å². The maximum Gasteiger partial charge on any atom is 0.312 e. The van der Waals surface area contributed by atoms with Crippen LogP contribution in [0.15, 0.2) is 24.3 Å². The number of hydrogen-bond donors (Lipinski definition) is 1. The molecule has 0 bridgehead atoms. The average molecular weight is 418 g/mol. The van der Waals surface area contributed by atoms with Gasteiger partial charge in [-0.3, -0.25) is 14.4 Å². The van der Waals surface area contributed by atoms with E-state index in [0.717, 1.165) is 0 Å². The van der Waals surface area contributed by atoms with Crippen LogP contribution in [0.2, 0.25) is 0 Å². The van der Waals surface area contributed by atoms with Crippen LogP contribution in [0.5, 0.6) is 0 Å². The largest absolute Gasteiger partial charge is 0.465 e. The Bertz CT molecular complexity index is 815. The maximum absolute atomic E-state index is 13.8. The van der Waals surface area contributed by atoms with E-state index in [4.69, 9.17) is 9.47 Å². The molecule has 6 atom stereocenters. The van der Waals surface area contributed by atoms with Crippen molar-refractivity contribution in [2.45, 2.75) is 63.4 Å². The summed E-state index contributed by atoms with van der Waals surface area (Å²) in [6.07, 6.45) is 7.28. The van der Waals surface area contributed by atoms with Crippen LogP contribution in [0.25, 0.3) is 0 Å². The smallest absolute Gasteiger partial charge is 0.312 e. The first-order valence-electron chi connectivity index (χ1n) is 10.6. The fourth-order valence-corrected chi connectivity index (χ4v) is 5.21. The van der Waals surface area contributed by atoms with Crippen molar-refractivity contribution in [3.63, 3.8) is 0 Å². The van der Waals surface area contributed by atoms with Gasteiger partial charge in [0.2, 0.25) is 11.8 Å². The molecule has 0 radical (unpaired) electrons. The van der Waals surface area contributed by atoms with Crippen LogP contribution in [-0.2, 0) is 23.9 Å². The molecule has 0 aromatic carbocycles. The zero-order chi connectivity index (χ0) is 21.8. The fraction of sp³-hybridized carbons (Fsp3) is 0.682. The van der Waals surface area contributed by atoms with Gasteiger partial charge in [0.05, 0.1) is 31.3 Å². The second-order valence-corrected chi connectivity index (χ2v) is 9.53. The quantitative estimate of drug-likeness (QED) is 0.523. The predicted octanol–water partition coefficient (Wildman–Crippen LogP) is 0.648. The number of amides is 2. The van der Waals surface area contributed by atoms with Crippen molar-refractivity contribution in [3.8, 4) is 0 Å². The molecule has 1 N–H and O–H groups in total. The predicted molar refractivity (Wildman–Crippen MR) is 107 cm³/mol. The minimum absolute atomic E-state index is 0.240. The molecular weight excluding hydrogens is 388 g/mol. The highest BCUT2D eigenvalue weighted by atomic mass is 16.6. The van der Waals surface area contributed by atoms with E-state index in [-0.39, 0.29) is 25.0 Å². The number of nitrogens with zero attached hydrogens (tertiary/aromatic N) is 2. The van der Waals surface area contributed by atoms with Crippen LogP contribution in [0.3, 0.4) is 0 Å². The number of carbonyl (C=O) groups excluding carboxylic acids is 3. The molecule has 4 heterocycles. The molecule has 30 heavy (non-hydrogen) atoms. The van der Waals surface area contributed by atoms with Crippen LogP contribution in [-0.4, -0.2) is 81.8 Å². The molecule has 0 aliphatic carbocycles. The molecule has 4 aliphatic rings. The third-order valence-electron chi connectivity index (χ3n) is 6.61. The molecular formula is C22H30N2O6. The normalized spacial score (nSPS) is 37.2. The van der Waals surface area contributed by atoms with Crippen LogP contribution in [0.4, 0.5) is 0 Å². The second kappa shape index (κ2) is 7.20. The van der Waals surface area contributed by atoms with Gasteiger partial charge < -0.3 is 24.4 Å². The molecule has 1 spiro atoms. The molecule has 0 aromatic heterocycles. The van der Waals surface area contributed by atoms with Crippen LogP contribution in [0.1, 0.15) is 34.1 Å². The average Bonchev–Trinajstić information content (AvgIpc) is 3.04. The lowest BCUT2D eigenvalue weighted by molar-refractivity contribution is -0.157. The van der Waals surface area contributed by atoms with Crippen molar-refractivity contribution in [2.24, 2.45) is 11.8 Å². The number of hydrogen-bond acceptors (Lipinski definition) is 6. The fourth-order valence-electron chi connectivity index (χ4n) is 5.21. The number of aliphatic hydroxyl groups excluding tert-OH is 1. The summed E-state index contributed by atoms with van der Waals surface area (Å²) in [6.45, 7) is 7.85. The lowest BCUT2D eigenvalue weighted by Gasteiger charge is -2.41. The van der Waals surface area contributed by atoms with Gasteiger partial charge >= 0.3 is 5.97 Å². The monoisotopic (exact) mass is 418 g/mol. The van der Waals surface area contributed by atoms with Crippen molar-refractivity contribution in [1.82, 2.24) is 9.80 Å². The van der Waals surface area contributed by atoms with Crippen LogP contribution < -0.4 is 0 Å². The van der Waals surface area contributed by atoms with Crippen molar-refractivity contribution < 1.29 is 29.0 Å². The first-order chi connectivity index (χ1) is 14.1. The molecule has 1 unspecified atom stereocenters. The lowest BCUT2D eigenvalue weighted by Crippen LogP contribution is -2.60. The van der Waals surface area contributed by atoms with E-state index in [0.29, 0.717) is 13.0 Å². The second-order valence-electron chi connectivity index (χ2n) is 9.53. The number of carbonyl (C=O) groups is 3. The summed E-state index contributed by atoms with van der Waals surface area (Å²) < 4.78 is 11.8. The summed E-state index contributed by atoms with van der Waals surface area (Å²) in [5.41, 5.74) is -1.75. The van der Waals surface area contributed by atoms with E-state index in [1.54, 1.807) is 17.9 Å². The third-order valence-corrected chi connectivity index (χ3v) is 6.61. The number of rotatable bonds is 2. The minimum atomic E-state index is -1.28. The summed E-state index contributed by atoms with van der Waals surface area (Å²) in [5, 5.41) is 9.83. The lowest BCUT2D eigenvalue weighted by atomic mass is 9.77. The molecule has 4 aliphatic heterocycles. The molecule has 8 heteroatoms. The van der Waals surface area contributed by atoms with E-state index in [9.17, 15) is 19.5 Å². The number of aliphatic hydroxyl groups is 1. The van der Waals surface area contributed by atoms with Gasteiger partial charge in [0.1, 0.15) is 17.6 Å². The van der Waals surface area contributed by atoms with Gasteiger partial charge in [-0.05, 0) is 34.1 Å². The van der Waals surface area contributed by atoms with Crippen molar-refractivity contribution in [3.05, 3.63) is 24.3 Å². The molecule has 2 saturated heterocycles. The first-order valence-corrected chi connectivity index (χ1v) is 10.6. The van der Waals surface area contributed by atoms with E-state index in [1.807, 2.05) is 39.0 Å². The molecule has 164 valence electrons. The van der Waals surface area contributed by atoms with Gasteiger partial charge in [-0.25, -0.2) is 0 Å². The Morgan fingerprint density at radius 3 is 2.63 bits per heavy atom. The van der Waals surface area contributed by atoms with Gasteiger partial charge in [0.15, 0.2) is 0 Å². The van der Waals surface area contributed by atoms with Crippen LogP contribution >= 0.6 is 0 Å². The van der Waals surface area contributed by atoms with Gasteiger partial charge in [-0.1, -0.05) is 24.3 Å². The van der Waals surface area contributed by atoms with Gasteiger partial charge in [-0.2, -0.15) is 0 Å². The highest BCUT2D eigenvalue weighted by molar-refractivity contribution is 5.99. The Kier molecular flexibility index (Phi) is 5.05. The van der Waals surface area contributed by atoms with Gasteiger partial charge in [-0.15, -0.1) is 0 Å². The summed E-state index contributed by atoms with van der Waals surface area (Å²) in [7, 11) is 0. The Morgan fingerprint density at radius 2 is 1.97 bits per heavy atom. The summed E-state index contributed by atoms with van der Waals surface area (Å²) in [6, 6.07) is -1.55. The Balaban J connectivity index is 1.87. The summed E-state index contributed by atoms with van der Waals surface area (Å²) >= 11 is 0. The summed E-state index contributed by atoms with van der Waals surface area (Å²) in [5.74, 6) is -2.78. The van der Waals surface area contributed by atoms with Gasteiger partial charge in [0, 0.05) is 12.1 Å². The van der Waals surface area contributed by atoms with Crippen LogP contribution in [0, 0.1) is 11.8 Å². The summed E-state index contributed by atoms with van der Waals surface area (Å²) in [4.78, 5) is 43.5. The van der Waals surface area contributed by atoms with Crippen molar-refractivity contribution in [2.75, 3.05) is 19.8 Å². The molecule has 0 aromatic rings. The number of ether oxygens (including phenoxy) is 2. The van der Waals surface area contributed by atoms with Gasteiger partial charge in [0.25, 0.3) is 0 Å². The van der Waals surface area contributed by atoms with Crippen molar-refractivity contribution in [1.29, 1.82) is 0 Å². The molecule has 2 fully saturated rings. The zero-order valence-corrected chi connectivity index (χ0v) is 17.9. The van der Waals surface area contributed by atoms with E-state index < -0.39 is 47.1 Å². The third kappa shape index (κ3) is 2.92. The topological polar surface area (TPSA) is 96.4 Å². The zero-order valence-electron chi connectivity index (χ0n) is 17.9. The number of likely N-dealkylation sites (tertiary alicyclic amines) is 1. The Morgan fingerprint density at radius 1 is 1.23 bits per heavy atom. The number of fused-ring (bicyclic) bond motifs is 2. The van der Waals surface area contributed by atoms with E-state index >= 15 is 0 Å². The molecule has 2 amide bonds. The minimum Gasteiger partial charge on any atom is -0.465 e. The Hall–Kier alpha value is -2.19. The number of esters is 1. The molecule has 8 nitrogen and oxygen atoms in total. The molecule has 4 rings (SSSR count). The van der Waals surface area contributed by atoms with Crippen molar-refractivity contribution >= 4 is 17.8 Å². The SMILES string of the molecule is C[C@H](CO)N1C(=O)[C@@H]2[C@@H]3C(=O)OCCC=C[C@@H]3O[C@@]23C=CCN(C(C)(C)C)C(=O)C13. The molecule has 0 saturated carbocycles. The first kappa shape index (κ1) is 21.1. The number of cyclic esters (lactones) is 1. The standard InChI is InChI=1S/C22H30N2O6/c1-13(12-25)24-17-19(27)23(21(2,3)4)10-7-9-22(17)16(18(24)26)15-14(30-22)8-5-6-11-29-20(15)28/h5,7-9,13-17,25H,6,10-12H2,1-4H3/t13-,14+,15-,16+,17?,22+/m1/s1. The van der Waals surface area contributed by atoms with E-state index in [2.05, 4.69) is 0 Å².